The molecule has 3 rings (SSSR count). The molecule has 0 N–H and O–H groups in total. The summed E-state index contributed by atoms with van der Waals surface area (Å²) in [5, 5.41) is 0.813. The standard InChI is InChI=1S/C14H13O3.C2HF3O2.Hg/c1-7-4-12(15)17-14-9(3)13-10(6-11(7)14)5-8(2)16-13;3-2(4,5)1(6)7;/h4,6,8H,2,5H2,1,3H3;(H,6,7);/q;;+1/p-1. The first-order chi connectivity index (χ1) is 11.7. The predicted molar refractivity (Wildman–Crippen MR) is 77.0 cm³/mol. The van der Waals surface area contributed by atoms with Crippen molar-refractivity contribution in [3.05, 3.63) is 39.2 Å². The molecule has 0 aliphatic carbocycles. The molecule has 0 radical (unpaired) electrons. The number of carbonyl (C=O) groups is 1. The van der Waals surface area contributed by atoms with Crippen molar-refractivity contribution in [3.63, 3.8) is 0 Å². The average molecular weight is 543 g/mol. The maximum atomic E-state index is 12.1. The topological polar surface area (TPSA) is 65.7 Å². The minimum absolute atomic E-state index is 0.305. The Hall–Kier alpha value is -1.57. The van der Waals surface area contributed by atoms with Crippen molar-refractivity contribution in [1.29, 1.82) is 0 Å². The van der Waals surface area contributed by atoms with Crippen molar-refractivity contribution in [2.45, 2.75) is 36.5 Å². The van der Waals surface area contributed by atoms with E-state index < -0.39 is 42.8 Å². The Morgan fingerprint density at radius 2 is 2.08 bits per heavy atom. The quantitative estimate of drug-likeness (QED) is 0.440. The normalized spacial score (nSPS) is 16.3. The van der Waals surface area contributed by atoms with Gasteiger partial charge in [0.2, 0.25) is 0 Å². The molecule has 130 valence electrons. The molecule has 0 saturated carbocycles. The first-order valence-corrected chi connectivity index (χ1v) is 13.8. The molecule has 1 aromatic carbocycles. The molecule has 0 saturated heterocycles. The summed E-state index contributed by atoms with van der Waals surface area (Å²) in [4.78, 5) is 22.3. The Labute approximate surface area is 153 Å². The van der Waals surface area contributed by atoms with Crippen LogP contribution in [0.15, 0.2) is 21.3 Å². The van der Waals surface area contributed by atoms with Gasteiger partial charge in [-0.3, -0.25) is 0 Å². The van der Waals surface area contributed by atoms with Gasteiger partial charge >= 0.3 is 153 Å². The van der Waals surface area contributed by atoms with E-state index in [4.69, 9.17) is 9.15 Å². The van der Waals surface area contributed by atoms with Crippen LogP contribution in [0.3, 0.4) is 0 Å². The van der Waals surface area contributed by atoms with Crippen molar-refractivity contribution in [1.82, 2.24) is 0 Å². The zero-order chi connectivity index (χ0) is 18.4. The number of aryl methyl sites for hydroxylation is 2. The van der Waals surface area contributed by atoms with Crippen molar-refractivity contribution >= 4 is 16.9 Å². The van der Waals surface area contributed by atoms with Gasteiger partial charge < -0.3 is 0 Å². The summed E-state index contributed by atoms with van der Waals surface area (Å²) in [6.07, 6.45) is -4.71. The third-order valence-electron chi connectivity index (χ3n) is 4.13. The van der Waals surface area contributed by atoms with E-state index in [1.165, 1.54) is 6.07 Å². The molecule has 9 heteroatoms. The molecular weight excluding hydrogens is 530 g/mol. The van der Waals surface area contributed by atoms with Crippen LogP contribution < -0.4 is 10.4 Å². The van der Waals surface area contributed by atoms with Crippen molar-refractivity contribution in [2.24, 2.45) is 0 Å². The molecule has 1 aromatic heterocycles. The fourth-order valence-electron chi connectivity index (χ4n) is 2.96. The van der Waals surface area contributed by atoms with Crippen LogP contribution in [0.25, 0.3) is 11.0 Å². The second-order valence-electron chi connectivity index (χ2n) is 5.98. The summed E-state index contributed by atoms with van der Waals surface area (Å²) in [5.74, 6) is -1.51. The van der Waals surface area contributed by atoms with Crippen LogP contribution >= 0.6 is 0 Å². The molecule has 0 amide bonds. The summed E-state index contributed by atoms with van der Waals surface area (Å²) in [5.41, 5.74) is 2.41. The molecule has 0 bridgehead atoms. The minimum atomic E-state index is -4.94. The van der Waals surface area contributed by atoms with Gasteiger partial charge in [-0.2, -0.15) is 0 Å². The van der Waals surface area contributed by atoms with Gasteiger partial charge in [-0.25, -0.2) is 0 Å². The van der Waals surface area contributed by atoms with Crippen LogP contribution in [0.1, 0.15) is 16.7 Å². The van der Waals surface area contributed by atoms with Gasteiger partial charge in [-0.1, -0.05) is 0 Å². The molecule has 0 spiro atoms. The molecule has 0 fully saturated rings. The van der Waals surface area contributed by atoms with E-state index in [1.807, 2.05) is 13.0 Å². The van der Waals surface area contributed by atoms with Gasteiger partial charge in [0.05, 0.1) is 0 Å². The van der Waals surface area contributed by atoms with Crippen LogP contribution in [0.2, 0.25) is 3.93 Å². The van der Waals surface area contributed by atoms with Crippen LogP contribution in [0, 0.1) is 13.8 Å². The predicted octanol–water partition coefficient (Wildman–Crippen LogP) is 3.23. The fraction of sp³-hybridized carbons (Fsp3) is 0.375. The number of hydrogen-bond donors (Lipinski definition) is 0. The molecule has 2 heterocycles. The van der Waals surface area contributed by atoms with Crippen molar-refractivity contribution in [2.75, 3.05) is 0 Å². The van der Waals surface area contributed by atoms with Crippen LogP contribution in [-0.4, -0.2) is 18.2 Å². The zero-order valence-corrected chi connectivity index (χ0v) is 19.0. The summed E-state index contributed by atoms with van der Waals surface area (Å²) in [7, 11) is 0. The number of carbonyl (C=O) groups excluding carboxylic acids is 1. The number of fused-ring (bicyclic) bond motifs is 2. The second kappa shape index (κ2) is 6.62. The summed E-state index contributed by atoms with van der Waals surface area (Å²) in [6.45, 7) is 3.59. The third kappa shape index (κ3) is 3.68. The van der Waals surface area contributed by atoms with E-state index in [1.54, 1.807) is 6.92 Å². The van der Waals surface area contributed by atoms with E-state index in [0.717, 1.165) is 16.5 Å². The van der Waals surface area contributed by atoms with Crippen molar-refractivity contribution < 1.29 is 54.8 Å². The van der Waals surface area contributed by atoms with Gasteiger partial charge in [0.1, 0.15) is 0 Å². The van der Waals surface area contributed by atoms with E-state index in [0.29, 0.717) is 27.2 Å². The van der Waals surface area contributed by atoms with Gasteiger partial charge in [-0.05, 0) is 0 Å². The number of rotatable bonds is 3. The molecular formula is C16H13F3HgO5. The Balaban J connectivity index is 1.76. The summed E-state index contributed by atoms with van der Waals surface area (Å²) >= 11 is -2.49. The van der Waals surface area contributed by atoms with Crippen molar-refractivity contribution in [3.8, 4) is 5.75 Å². The zero-order valence-electron chi connectivity index (χ0n) is 13.5. The van der Waals surface area contributed by atoms with E-state index in [-0.39, 0.29) is 6.10 Å². The molecule has 1 aliphatic rings. The molecule has 5 nitrogen and oxygen atoms in total. The van der Waals surface area contributed by atoms with E-state index in [2.05, 4.69) is 2.64 Å². The number of halogens is 3. The molecule has 1 unspecified atom stereocenters. The molecule has 1 atom stereocenters. The third-order valence-corrected chi connectivity index (χ3v) is 9.37. The van der Waals surface area contributed by atoms with E-state index in [9.17, 15) is 22.8 Å². The number of benzene rings is 1. The first kappa shape index (κ1) is 18.2. The Morgan fingerprint density at radius 3 is 2.76 bits per heavy atom. The summed E-state index contributed by atoms with van der Waals surface area (Å²) < 4.78 is 52.3. The van der Waals surface area contributed by atoms with E-state index >= 15 is 0 Å². The molecule has 25 heavy (non-hydrogen) atoms. The molecule has 1 aliphatic heterocycles. The van der Waals surface area contributed by atoms with Crippen LogP contribution in [0.4, 0.5) is 13.2 Å². The monoisotopic (exact) mass is 544 g/mol. The number of alkyl halides is 3. The Kier molecular flexibility index (Phi) is 4.83. The van der Waals surface area contributed by atoms with Gasteiger partial charge in [0, 0.05) is 0 Å². The summed E-state index contributed by atoms with van der Waals surface area (Å²) in [6, 6.07) is 3.30. The Morgan fingerprint density at radius 1 is 1.36 bits per heavy atom. The maximum absolute atomic E-state index is 12.1. The fourth-order valence-corrected chi connectivity index (χ4v) is 7.04. The van der Waals surface area contributed by atoms with Gasteiger partial charge in [0.15, 0.2) is 0 Å². The Bertz CT molecular complexity index is 903. The molecule has 2 aromatic rings. The van der Waals surface area contributed by atoms with Crippen LogP contribution in [0.5, 0.6) is 5.75 Å². The first-order valence-electron chi connectivity index (χ1n) is 7.64. The van der Waals surface area contributed by atoms with Crippen LogP contribution in [-0.2, 0) is 38.9 Å². The number of hydrogen-bond acceptors (Lipinski definition) is 5. The SMILES string of the molecule is Cc1cc(=O)oc2c(C)c3c(cc12)CC([CH2][Hg][O]C(=O)C(F)(F)F)O3. The van der Waals surface area contributed by atoms with Gasteiger partial charge in [0.25, 0.3) is 0 Å². The average Bonchev–Trinajstić information content (AvgIpc) is 2.91. The second-order valence-corrected chi connectivity index (χ2v) is 10.9. The van der Waals surface area contributed by atoms with Gasteiger partial charge in [-0.15, -0.1) is 0 Å². The number of ether oxygens (including phenoxy) is 1.